The summed E-state index contributed by atoms with van der Waals surface area (Å²) < 4.78 is 11.2. The normalized spacial score (nSPS) is 10.9. The van der Waals surface area contributed by atoms with Crippen LogP contribution in [0.3, 0.4) is 0 Å². The Kier molecular flexibility index (Phi) is 4.93. The molecular formula is C10H18N4O4. The first-order valence-corrected chi connectivity index (χ1v) is 5.47. The van der Waals surface area contributed by atoms with Gasteiger partial charge < -0.3 is 20.5 Å². The van der Waals surface area contributed by atoms with Crippen molar-refractivity contribution in [2.75, 3.05) is 31.8 Å². The zero-order valence-electron chi connectivity index (χ0n) is 10.6. The van der Waals surface area contributed by atoms with Crippen molar-refractivity contribution in [1.82, 2.24) is 9.55 Å². The second kappa shape index (κ2) is 6.22. The van der Waals surface area contributed by atoms with Gasteiger partial charge in [-0.15, -0.1) is 0 Å². The lowest BCUT2D eigenvalue weighted by Gasteiger charge is -2.16. The van der Waals surface area contributed by atoms with Crippen LogP contribution in [0.5, 0.6) is 0 Å². The average Bonchev–Trinajstić information content (AvgIpc) is 2.34. The third kappa shape index (κ3) is 2.90. The van der Waals surface area contributed by atoms with Gasteiger partial charge >= 0.3 is 5.69 Å². The minimum absolute atomic E-state index is 0.0946. The third-order valence-electron chi connectivity index (χ3n) is 2.53. The molecule has 1 heterocycles. The number of nitrogens with one attached hydrogen (secondary N) is 2. The Morgan fingerprint density at radius 1 is 1.39 bits per heavy atom. The second-order valence-corrected chi connectivity index (χ2v) is 3.55. The average molecular weight is 258 g/mol. The fourth-order valence-electron chi connectivity index (χ4n) is 1.52. The Labute approximate surface area is 104 Å². The molecule has 0 spiro atoms. The number of rotatable bonds is 6. The summed E-state index contributed by atoms with van der Waals surface area (Å²) in [5.41, 5.74) is 4.81. The number of nitrogen functional groups attached to an aromatic ring is 1. The molecule has 0 aromatic carbocycles. The van der Waals surface area contributed by atoms with Crippen molar-refractivity contribution >= 4 is 11.5 Å². The molecule has 0 bridgehead atoms. The van der Waals surface area contributed by atoms with Crippen LogP contribution < -0.4 is 22.3 Å². The third-order valence-corrected chi connectivity index (χ3v) is 2.53. The van der Waals surface area contributed by atoms with Crippen LogP contribution in [0, 0.1) is 0 Å². The van der Waals surface area contributed by atoms with Gasteiger partial charge in [0.2, 0.25) is 0 Å². The van der Waals surface area contributed by atoms with Gasteiger partial charge in [-0.25, -0.2) is 4.79 Å². The summed E-state index contributed by atoms with van der Waals surface area (Å²) in [4.78, 5) is 25.3. The first kappa shape index (κ1) is 14.3. The van der Waals surface area contributed by atoms with E-state index in [2.05, 4.69) is 10.3 Å². The molecule has 0 fully saturated rings. The van der Waals surface area contributed by atoms with Crippen LogP contribution in [0.4, 0.5) is 11.5 Å². The SMILES string of the molecule is CCn1c(N)c(NCC(OC)OC)c(=O)[nH]c1=O. The van der Waals surface area contributed by atoms with Gasteiger partial charge in [-0.05, 0) is 6.92 Å². The topological polar surface area (TPSA) is 111 Å². The zero-order chi connectivity index (χ0) is 13.7. The number of nitrogens with two attached hydrogens (primary N) is 1. The Bertz CT molecular complexity index is 504. The van der Waals surface area contributed by atoms with Crippen molar-refractivity contribution in [2.24, 2.45) is 0 Å². The Morgan fingerprint density at radius 3 is 2.50 bits per heavy atom. The summed E-state index contributed by atoms with van der Waals surface area (Å²) in [7, 11) is 2.97. The largest absolute Gasteiger partial charge is 0.383 e. The number of hydrogen-bond donors (Lipinski definition) is 3. The molecule has 8 nitrogen and oxygen atoms in total. The van der Waals surface area contributed by atoms with Crippen LogP contribution in [-0.4, -0.2) is 36.6 Å². The fraction of sp³-hybridized carbons (Fsp3) is 0.600. The molecule has 0 saturated heterocycles. The highest BCUT2D eigenvalue weighted by Gasteiger charge is 2.13. The van der Waals surface area contributed by atoms with E-state index in [1.165, 1.54) is 18.8 Å². The molecule has 4 N–H and O–H groups in total. The smallest absolute Gasteiger partial charge is 0.330 e. The van der Waals surface area contributed by atoms with Crippen LogP contribution in [0.25, 0.3) is 0 Å². The lowest BCUT2D eigenvalue weighted by Crippen LogP contribution is -2.35. The lowest BCUT2D eigenvalue weighted by atomic mass is 10.4. The van der Waals surface area contributed by atoms with Crippen molar-refractivity contribution < 1.29 is 9.47 Å². The molecule has 0 aliphatic heterocycles. The molecule has 0 aliphatic carbocycles. The first-order chi connectivity index (χ1) is 8.54. The van der Waals surface area contributed by atoms with E-state index in [4.69, 9.17) is 15.2 Å². The van der Waals surface area contributed by atoms with Crippen molar-refractivity contribution in [2.45, 2.75) is 19.8 Å². The van der Waals surface area contributed by atoms with Crippen LogP contribution in [0.15, 0.2) is 9.59 Å². The lowest BCUT2D eigenvalue weighted by molar-refractivity contribution is -0.0914. The fourth-order valence-corrected chi connectivity index (χ4v) is 1.52. The number of hydrogen-bond acceptors (Lipinski definition) is 6. The molecule has 0 atom stereocenters. The summed E-state index contributed by atoms with van der Waals surface area (Å²) in [5.74, 6) is 0.0946. The maximum atomic E-state index is 11.6. The molecule has 1 aromatic heterocycles. The van der Waals surface area contributed by atoms with Gasteiger partial charge in [0.1, 0.15) is 11.5 Å². The Morgan fingerprint density at radius 2 is 2.00 bits per heavy atom. The molecule has 8 heteroatoms. The predicted octanol–water partition coefficient (Wildman–Crippen LogP) is -0.830. The zero-order valence-corrected chi connectivity index (χ0v) is 10.6. The molecular weight excluding hydrogens is 240 g/mol. The minimum atomic E-state index is -0.562. The van der Waals surface area contributed by atoms with Gasteiger partial charge in [-0.1, -0.05) is 0 Å². The number of nitrogens with zero attached hydrogens (tertiary/aromatic N) is 1. The molecule has 102 valence electrons. The van der Waals surface area contributed by atoms with Crippen molar-refractivity contribution in [3.8, 4) is 0 Å². The molecule has 1 aromatic rings. The Hall–Kier alpha value is -1.80. The summed E-state index contributed by atoms with van der Waals surface area (Å²) >= 11 is 0. The van der Waals surface area contributed by atoms with Crippen LogP contribution in [0.2, 0.25) is 0 Å². The highest BCUT2D eigenvalue weighted by Crippen LogP contribution is 2.09. The first-order valence-electron chi connectivity index (χ1n) is 5.47. The van der Waals surface area contributed by atoms with Crippen LogP contribution in [-0.2, 0) is 16.0 Å². The minimum Gasteiger partial charge on any atom is -0.383 e. The molecule has 18 heavy (non-hydrogen) atoms. The molecule has 0 amide bonds. The molecule has 1 rings (SSSR count). The van der Waals surface area contributed by atoms with E-state index in [-0.39, 0.29) is 18.1 Å². The van der Waals surface area contributed by atoms with E-state index >= 15 is 0 Å². The van der Waals surface area contributed by atoms with Crippen molar-refractivity contribution in [3.05, 3.63) is 20.8 Å². The van der Waals surface area contributed by atoms with E-state index < -0.39 is 17.5 Å². The van der Waals surface area contributed by atoms with Crippen molar-refractivity contribution in [3.63, 3.8) is 0 Å². The van der Waals surface area contributed by atoms with E-state index in [0.29, 0.717) is 6.54 Å². The van der Waals surface area contributed by atoms with Gasteiger partial charge in [-0.2, -0.15) is 0 Å². The predicted molar refractivity (Wildman–Crippen MR) is 67.7 cm³/mol. The number of aromatic amines is 1. The molecule has 0 aliphatic rings. The van der Waals surface area contributed by atoms with Gasteiger partial charge in [0.05, 0.1) is 6.54 Å². The monoisotopic (exact) mass is 258 g/mol. The van der Waals surface area contributed by atoms with E-state index in [0.717, 1.165) is 0 Å². The van der Waals surface area contributed by atoms with Gasteiger partial charge in [0.25, 0.3) is 5.56 Å². The highest BCUT2D eigenvalue weighted by molar-refractivity contribution is 5.60. The van der Waals surface area contributed by atoms with E-state index in [1.54, 1.807) is 6.92 Å². The number of aromatic nitrogens is 2. The standard InChI is InChI=1S/C10H18N4O4/c1-4-14-8(11)7(9(15)13-10(14)16)12-5-6(17-2)18-3/h6,12H,4-5,11H2,1-3H3,(H,13,15,16). The quantitative estimate of drug-likeness (QED) is 0.574. The van der Waals surface area contributed by atoms with E-state index in [1.807, 2.05) is 0 Å². The number of H-pyrrole nitrogens is 1. The highest BCUT2D eigenvalue weighted by atomic mass is 16.7. The Balaban J connectivity index is 3.03. The summed E-state index contributed by atoms with van der Waals surface area (Å²) in [5, 5.41) is 2.81. The molecule has 0 saturated carbocycles. The summed E-state index contributed by atoms with van der Waals surface area (Å²) in [6.07, 6.45) is -0.509. The van der Waals surface area contributed by atoms with Crippen LogP contribution >= 0.6 is 0 Å². The molecule has 0 unspecified atom stereocenters. The number of anilines is 2. The summed E-state index contributed by atoms with van der Waals surface area (Å²) in [6.45, 7) is 2.36. The van der Waals surface area contributed by atoms with Gasteiger partial charge in [0, 0.05) is 20.8 Å². The molecule has 0 radical (unpaired) electrons. The van der Waals surface area contributed by atoms with Gasteiger partial charge in [0.15, 0.2) is 6.29 Å². The number of methoxy groups -OCH3 is 2. The van der Waals surface area contributed by atoms with Crippen LogP contribution in [0.1, 0.15) is 6.92 Å². The maximum Gasteiger partial charge on any atom is 0.330 e. The van der Waals surface area contributed by atoms with Crippen molar-refractivity contribution in [1.29, 1.82) is 0 Å². The maximum absolute atomic E-state index is 11.6. The number of ether oxygens (including phenoxy) is 2. The van der Waals surface area contributed by atoms with Gasteiger partial charge in [-0.3, -0.25) is 14.3 Å². The summed E-state index contributed by atoms with van der Waals surface area (Å²) in [6, 6.07) is 0. The van der Waals surface area contributed by atoms with E-state index in [9.17, 15) is 9.59 Å². The second-order valence-electron chi connectivity index (χ2n) is 3.55.